The molecule has 1 heterocycles. The molecule has 0 unspecified atom stereocenters. The lowest BCUT2D eigenvalue weighted by atomic mass is 9.71. The minimum Gasteiger partial charge on any atom is -0.389 e. The smallest absolute Gasteiger partial charge is 0.227 e. The molecule has 0 aromatic heterocycles. The van der Waals surface area contributed by atoms with Crippen LogP contribution in [0.1, 0.15) is 32.8 Å². The molecular formula is C16H20ClF2NO2. The van der Waals surface area contributed by atoms with Crippen LogP contribution >= 0.6 is 11.6 Å². The number of hydrogen-bond acceptors (Lipinski definition) is 2. The highest BCUT2D eigenvalue weighted by Crippen LogP contribution is 2.38. The molecule has 6 heteroatoms. The van der Waals surface area contributed by atoms with Crippen molar-refractivity contribution in [2.24, 2.45) is 5.41 Å². The lowest BCUT2D eigenvalue weighted by Gasteiger charge is -2.48. The van der Waals surface area contributed by atoms with Crippen LogP contribution in [0.4, 0.5) is 8.78 Å². The van der Waals surface area contributed by atoms with E-state index in [9.17, 15) is 18.7 Å². The van der Waals surface area contributed by atoms with Crippen LogP contribution in [0.15, 0.2) is 12.1 Å². The van der Waals surface area contributed by atoms with Gasteiger partial charge in [0, 0.05) is 23.5 Å². The third-order valence-electron chi connectivity index (χ3n) is 4.70. The first-order chi connectivity index (χ1) is 10.0. The van der Waals surface area contributed by atoms with E-state index in [0.717, 1.165) is 12.1 Å². The summed E-state index contributed by atoms with van der Waals surface area (Å²) >= 11 is 5.87. The number of aliphatic hydroxyl groups is 1. The maximum absolute atomic E-state index is 13.3. The first-order valence-corrected chi connectivity index (χ1v) is 7.55. The number of carbonyl (C=O) groups is 1. The molecule has 0 aliphatic carbocycles. The number of halogens is 3. The SMILES string of the molecule is CC1(C)CN(C(=O)Cc2cc(F)c(F)cc2Cl)CC[C@@]1(C)O. The van der Waals surface area contributed by atoms with Gasteiger partial charge in [-0.2, -0.15) is 0 Å². The highest BCUT2D eigenvalue weighted by molar-refractivity contribution is 6.31. The number of nitrogens with zero attached hydrogens (tertiary/aromatic N) is 1. The molecule has 0 radical (unpaired) electrons. The fourth-order valence-corrected chi connectivity index (χ4v) is 2.82. The van der Waals surface area contributed by atoms with Crippen molar-refractivity contribution in [3.8, 4) is 0 Å². The molecule has 1 aromatic rings. The number of hydrogen-bond donors (Lipinski definition) is 1. The van der Waals surface area contributed by atoms with Crippen molar-refractivity contribution in [3.05, 3.63) is 34.4 Å². The fourth-order valence-electron chi connectivity index (χ4n) is 2.60. The average Bonchev–Trinajstić information content (AvgIpc) is 2.39. The molecule has 1 fully saturated rings. The van der Waals surface area contributed by atoms with Crippen molar-refractivity contribution in [3.63, 3.8) is 0 Å². The van der Waals surface area contributed by atoms with Gasteiger partial charge in [0.05, 0.1) is 12.0 Å². The summed E-state index contributed by atoms with van der Waals surface area (Å²) in [4.78, 5) is 14.0. The minimum absolute atomic E-state index is 0.0375. The van der Waals surface area contributed by atoms with E-state index < -0.39 is 22.7 Å². The summed E-state index contributed by atoms with van der Waals surface area (Å²) in [5.41, 5.74) is -1.02. The summed E-state index contributed by atoms with van der Waals surface area (Å²) in [7, 11) is 0. The third-order valence-corrected chi connectivity index (χ3v) is 5.05. The monoisotopic (exact) mass is 331 g/mol. The molecule has 0 spiro atoms. The first kappa shape index (κ1) is 17.2. The van der Waals surface area contributed by atoms with E-state index in [0.29, 0.717) is 19.5 Å². The van der Waals surface area contributed by atoms with Gasteiger partial charge < -0.3 is 10.0 Å². The maximum atomic E-state index is 13.3. The molecule has 122 valence electrons. The highest BCUT2D eigenvalue weighted by atomic mass is 35.5. The maximum Gasteiger partial charge on any atom is 0.227 e. The summed E-state index contributed by atoms with van der Waals surface area (Å²) in [6, 6.07) is 1.84. The molecule has 3 nitrogen and oxygen atoms in total. The molecular weight excluding hydrogens is 312 g/mol. The van der Waals surface area contributed by atoms with Crippen molar-refractivity contribution in [1.82, 2.24) is 4.90 Å². The van der Waals surface area contributed by atoms with Crippen molar-refractivity contribution >= 4 is 17.5 Å². The largest absolute Gasteiger partial charge is 0.389 e. The van der Waals surface area contributed by atoms with Crippen LogP contribution in [0.3, 0.4) is 0 Å². The Balaban J connectivity index is 2.12. The predicted molar refractivity (Wildman–Crippen MR) is 80.7 cm³/mol. The van der Waals surface area contributed by atoms with E-state index in [2.05, 4.69) is 0 Å². The number of piperidine rings is 1. The van der Waals surface area contributed by atoms with Gasteiger partial charge in [0.1, 0.15) is 0 Å². The van der Waals surface area contributed by atoms with Crippen molar-refractivity contribution < 1.29 is 18.7 Å². The molecule has 1 N–H and O–H groups in total. The van der Waals surface area contributed by atoms with E-state index in [1.807, 2.05) is 13.8 Å². The molecule has 1 amide bonds. The summed E-state index contributed by atoms with van der Waals surface area (Å²) in [5.74, 6) is -2.26. The quantitative estimate of drug-likeness (QED) is 0.846. The van der Waals surface area contributed by atoms with E-state index in [-0.39, 0.29) is 22.9 Å². The third kappa shape index (κ3) is 3.25. The second kappa shape index (κ2) is 5.78. The Labute approximate surface area is 133 Å². The normalized spacial score (nSPS) is 24.4. The number of likely N-dealkylation sites (tertiary alicyclic amines) is 1. The number of carbonyl (C=O) groups excluding carboxylic acids is 1. The predicted octanol–water partition coefficient (Wildman–Crippen LogP) is 3.17. The molecule has 1 aliphatic rings. The van der Waals surface area contributed by atoms with Gasteiger partial charge in [0.15, 0.2) is 11.6 Å². The van der Waals surface area contributed by atoms with Gasteiger partial charge in [-0.3, -0.25) is 4.79 Å². The van der Waals surface area contributed by atoms with Gasteiger partial charge in [-0.15, -0.1) is 0 Å². The van der Waals surface area contributed by atoms with Crippen molar-refractivity contribution in [2.45, 2.75) is 39.2 Å². The Morgan fingerprint density at radius 2 is 1.91 bits per heavy atom. The van der Waals surface area contributed by atoms with Crippen LogP contribution in [-0.4, -0.2) is 34.6 Å². The topological polar surface area (TPSA) is 40.5 Å². The van der Waals surface area contributed by atoms with Gasteiger partial charge in [0.2, 0.25) is 5.91 Å². The Morgan fingerprint density at radius 3 is 2.50 bits per heavy atom. The molecule has 0 saturated carbocycles. The molecule has 1 aromatic carbocycles. The van der Waals surface area contributed by atoms with Gasteiger partial charge in [-0.05, 0) is 31.0 Å². The van der Waals surface area contributed by atoms with E-state index in [4.69, 9.17) is 11.6 Å². The van der Waals surface area contributed by atoms with Crippen LogP contribution in [-0.2, 0) is 11.2 Å². The molecule has 2 rings (SSSR count). The molecule has 1 aliphatic heterocycles. The lowest BCUT2D eigenvalue weighted by Crippen LogP contribution is -2.57. The van der Waals surface area contributed by atoms with Crippen molar-refractivity contribution in [2.75, 3.05) is 13.1 Å². The zero-order valence-electron chi connectivity index (χ0n) is 12.9. The molecule has 0 bridgehead atoms. The summed E-state index contributed by atoms with van der Waals surface area (Å²) in [6.07, 6.45) is 0.380. The van der Waals surface area contributed by atoms with Gasteiger partial charge >= 0.3 is 0 Å². The summed E-state index contributed by atoms with van der Waals surface area (Å²) < 4.78 is 26.3. The average molecular weight is 332 g/mol. The number of benzene rings is 1. The second-order valence-electron chi connectivity index (χ2n) is 6.76. The van der Waals surface area contributed by atoms with Gasteiger partial charge in [-0.1, -0.05) is 25.4 Å². The zero-order valence-corrected chi connectivity index (χ0v) is 13.7. The number of rotatable bonds is 2. The standard InChI is InChI=1S/C16H20ClF2NO2/c1-15(2)9-20(5-4-16(15,3)22)14(21)7-10-6-12(18)13(19)8-11(10)17/h6,8,22H,4-5,7,9H2,1-3H3/t16-/m1/s1. The first-order valence-electron chi connectivity index (χ1n) is 7.17. The Kier molecular flexibility index (Phi) is 4.51. The minimum atomic E-state index is -1.03. The Morgan fingerprint density at radius 1 is 1.32 bits per heavy atom. The zero-order chi connectivity index (χ0) is 16.7. The van der Waals surface area contributed by atoms with E-state index in [1.54, 1.807) is 11.8 Å². The van der Waals surface area contributed by atoms with Crippen LogP contribution < -0.4 is 0 Å². The van der Waals surface area contributed by atoms with Gasteiger partial charge in [-0.25, -0.2) is 8.78 Å². The van der Waals surface area contributed by atoms with Crippen LogP contribution in [0.25, 0.3) is 0 Å². The van der Waals surface area contributed by atoms with E-state index in [1.165, 1.54) is 0 Å². The lowest BCUT2D eigenvalue weighted by molar-refractivity contribution is -0.146. The van der Waals surface area contributed by atoms with Crippen LogP contribution in [0.5, 0.6) is 0 Å². The Bertz CT molecular complexity index is 602. The fraction of sp³-hybridized carbons (Fsp3) is 0.562. The second-order valence-corrected chi connectivity index (χ2v) is 7.16. The summed E-state index contributed by atoms with van der Waals surface area (Å²) in [5, 5.41) is 10.4. The Hall–Kier alpha value is -1.20. The molecule has 1 atom stereocenters. The van der Waals surface area contributed by atoms with Crippen LogP contribution in [0, 0.1) is 17.0 Å². The van der Waals surface area contributed by atoms with E-state index >= 15 is 0 Å². The number of amides is 1. The highest BCUT2D eigenvalue weighted by Gasteiger charge is 2.45. The summed E-state index contributed by atoms with van der Waals surface area (Å²) in [6.45, 7) is 6.39. The van der Waals surface area contributed by atoms with Crippen LogP contribution in [0.2, 0.25) is 5.02 Å². The molecule has 1 saturated heterocycles. The molecule has 22 heavy (non-hydrogen) atoms. The van der Waals surface area contributed by atoms with Crippen molar-refractivity contribution in [1.29, 1.82) is 0 Å². The van der Waals surface area contributed by atoms with Gasteiger partial charge in [0.25, 0.3) is 0 Å².